The van der Waals surface area contributed by atoms with E-state index in [1.54, 1.807) is 10.9 Å². The minimum Gasteiger partial charge on any atom is -0.459 e. The van der Waals surface area contributed by atoms with Gasteiger partial charge in [0, 0.05) is 5.39 Å². The molecule has 20 heavy (non-hydrogen) atoms. The number of para-hydroxylation sites is 1. The Hall–Kier alpha value is -1.88. The number of carbonyl (C=O) groups excluding carboxylic acids is 1. The van der Waals surface area contributed by atoms with Crippen LogP contribution >= 0.6 is 0 Å². The summed E-state index contributed by atoms with van der Waals surface area (Å²) in [5.74, 6) is -0.412. The Morgan fingerprint density at radius 1 is 1.35 bits per heavy atom. The molecule has 0 fully saturated rings. The summed E-state index contributed by atoms with van der Waals surface area (Å²) in [7, 11) is 0. The molecule has 0 saturated carbocycles. The molecule has 5 heteroatoms. The van der Waals surface area contributed by atoms with Crippen LogP contribution in [0.4, 0.5) is 0 Å². The second kappa shape index (κ2) is 5.25. The zero-order chi connectivity index (χ0) is 14.9. The molecule has 0 saturated heterocycles. The predicted molar refractivity (Wildman–Crippen MR) is 78.3 cm³/mol. The summed E-state index contributed by atoms with van der Waals surface area (Å²) in [5, 5.41) is 5.35. The normalized spacial score (nSPS) is 15.1. The van der Waals surface area contributed by atoms with E-state index in [4.69, 9.17) is 10.5 Å². The maximum Gasteiger partial charge on any atom is 0.325 e. The first-order valence-corrected chi connectivity index (χ1v) is 6.70. The molecule has 0 aliphatic heterocycles. The third-order valence-corrected chi connectivity index (χ3v) is 3.09. The summed E-state index contributed by atoms with van der Waals surface area (Å²) in [5.41, 5.74) is 6.43. The highest BCUT2D eigenvalue weighted by molar-refractivity contribution is 5.80. The lowest BCUT2D eigenvalue weighted by Gasteiger charge is -2.25. The van der Waals surface area contributed by atoms with E-state index in [1.807, 2.05) is 52.0 Å². The molecule has 108 valence electrons. The number of hydrogen-bond acceptors (Lipinski definition) is 4. The maximum absolute atomic E-state index is 12.0. The molecule has 1 aromatic heterocycles. The van der Waals surface area contributed by atoms with Crippen LogP contribution in [-0.2, 0) is 9.53 Å². The molecule has 2 rings (SSSR count). The monoisotopic (exact) mass is 275 g/mol. The molecule has 0 spiro atoms. The quantitative estimate of drug-likeness (QED) is 0.872. The van der Waals surface area contributed by atoms with Gasteiger partial charge in [0.1, 0.15) is 11.6 Å². The van der Waals surface area contributed by atoms with E-state index in [0.29, 0.717) is 0 Å². The van der Waals surface area contributed by atoms with Gasteiger partial charge >= 0.3 is 5.97 Å². The number of aromatic nitrogens is 2. The Balaban J connectivity index is 2.22. The second-order valence-electron chi connectivity index (χ2n) is 5.95. The number of esters is 1. The SMILES string of the molecule is CC(C(N)C(=O)OC(C)(C)C)n1ncc2ccccc21. The first kappa shape index (κ1) is 14.5. The summed E-state index contributed by atoms with van der Waals surface area (Å²) >= 11 is 0. The summed E-state index contributed by atoms with van der Waals surface area (Å²) in [6.07, 6.45) is 1.77. The van der Waals surface area contributed by atoms with E-state index in [1.165, 1.54) is 0 Å². The van der Waals surface area contributed by atoms with E-state index in [9.17, 15) is 4.79 Å². The smallest absolute Gasteiger partial charge is 0.325 e. The van der Waals surface area contributed by atoms with Crippen molar-refractivity contribution >= 4 is 16.9 Å². The molecular weight excluding hydrogens is 254 g/mol. The van der Waals surface area contributed by atoms with Crippen molar-refractivity contribution in [1.82, 2.24) is 9.78 Å². The summed E-state index contributed by atoms with van der Waals surface area (Å²) in [6, 6.07) is 6.80. The third-order valence-electron chi connectivity index (χ3n) is 3.09. The van der Waals surface area contributed by atoms with Crippen LogP contribution in [0.15, 0.2) is 30.5 Å². The molecule has 0 radical (unpaired) electrons. The molecule has 1 heterocycles. The summed E-state index contributed by atoms with van der Waals surface area (Å²) in [6.45, 7) is 7.34. The van der Waals surface area contributed by atoms with E-state index in [2.05, 4.69) is 5.10 Å². The highest BCUT2D eigenvalue weighted by atomic mass is 16.6. The van der Waals surface area contributed by atoms with Crippen LogP contribution in [0.1, 0.15) is 33.7 Å². The lowest BCUT2D eigenvalue weighted by atomic mass is 10.1. The van der Waals surface area contributed by atoms with Gasteiger partial charge < -0.3 is 10.5 Å². The van der Waals surface area contributed by atoms with E-state index in [-0.39, 0.29) is 6.04 Å². The Labute approximate surface area is 118 Å². The molecule has 2 atom stereocenters. The molecule has 2 N–H and O–H groups in total. The van der Waals surface area contributed by atoms with Crippen LogP contribution in [0.3, 0.4) is 0 Å². The van der Waals surface area contributed by atoms with Gasteiger partial charge in [0.2, 0.25) is 0 Å². The maximum atomic E-state index is 12.0. The van der Waals surface area contributed by atoms with Crippen molar-refractivity contribution < 1.29 is 9.53 Å². The highest BCUT2D eigenvalue weighted by Crippen LogP contribution is 2.20. The van der Waals surface area contributed by atoms with Crippen LogP contribution in [0.5, 0.6) is 0 Å². The van der Waals surface area contributed by atoms with Gasteiger partial charge in [-0.05, 0) is 33.8 Å². The number of rotatable bonds is 3. The van der Waals surface area contributed by atoms with E-state index in [0.717, 1.165) is 10.9 Å². The molecule has 2 unspecified atom stereocenters. The Bertz CT molecular complexity index is 613. The molecule has 0 bridgehead atoms. The fourth-order valence-corrected chi connectivity index (χ4v) is 2.04. The molecule has 0 aliphatic carbocycles. The lowest BCUT2D eigenvalue weighted by Crippen LogP contribution is -2.42. The van der Waals surface area contributed by atoms with Crippen molar-refractivity contribution in [3.8, 4) is 0 Å². The van der Waals surface area contributed by atoms with Crippen molar-refractivity contribution in [2.45, 2.75) is 45.4 Å². The molecule has 5 nitrogen and oxygen atoms in total. The average Bonchev–Trinajstić information content (AvgIpc) is 2.78. The van der Waals surface area contributed by atoms with Crippen molar-refractivity contribution in [2.24, 2.45) is 5.73 Å². The van der Waals surface area contributed by atoms with Gasteiger partial charge in [-0.1, -0.05) is 18.2 Å². The van der Waals surface area contributed by atoms with Gasteiger partial charge in [-0.2, -0.15) is 5.10 Å². The van der Waals surface area contributed by atoms with Gasteiger partial charge in [0.05, 0.1) is 17.8 Å². The number of nitrogens with zero attached hydrogens (tertiary/aromatic N) is 2. The molecule has 2 aromatic rings. The Morgan fingerprint density at radius 2 is 2.00 bits per heavy atom. The van der Waals surface area contributed by atoms with Crippen LogP contribution in [0.2, 0.25) is 0 Å². The fraction of sp³-hybridized carbons (Fsp3) is 0.467. The summed E-state index contributed by atoms with van der Waals surface area (Å²) < 4.78 is 7.09. The van der Waals surface area contributed by atoms with Gasteiger partial charge in [-0.3, -0.25) is 9.48 Å². The number of ether oxygens (including phenoxy) is 1. The highest BCUT2D eigenvalue weighted by Gasteiger charge is 2.28. The molecule has 0 amide bonds. The van der Waals surface area contributed by atoms with Crippen molar-refractivity contribution in [3.63, 3.8) is 0 Å². The number of carbonyl (C=O) groups is 1. The first-order valence-electron chi connectivity index (χ1n) is 6.70. The number of fused-ring (bicyclic) bond motifs is 1. The fourth-order valence-electron chi connectivity index (χ4n) is 2.04. The number of nitrogens with two attached hydrogens (primary N) is 1. The van der Waals surface area contributed by atoms with Crippen LogP contribution in [0, 0.1) is 0 Å². The zero-order valence-corrected chi connectivity index (χ0v) is 12.3. The topological polar surface area (TPSA) is 70.1 Å². The molecule has 0 aliphatic rings. The van der Waals surface area contributed by atoms with Crippen molar-refractivity contribution in [1.29, 1.82) is 0 Å². The van der Waals surface area contributed by atoms with Gasteiger partial charge in [-0.25, -0.2) is 0 Å². The van der Waals surface area contributed by atoms with Gasteiger partial charge in [0.25, 0.3) is 0 Å². The van der Waals surface area contributed by atoms with Gasteiger partial charge in [0.15, 0.2) is 0 Å². The van der Waals surface area contributed by atoms with Crippen LogP contribution < -0.4 is 5.73 Å². The van der Waals surface area contributed by atoms with E-state index < -0.39 is 17.6 Å². The zero-order valence-electron chi connectivity index (χ0n) is 12.3. The summed E-state index contributed by atoms with van der Waals surface area (Å²) in [4.78, 5) is 12.0. The van der Waals surface area contributed by atoms with Crippen LogP contribution in [-0.4, -0.2) is 27.4 Å². The number of benzene rings is 1. The predicted octanol–water partition coefficient (Wildman–Crippen LogP) is 2.27. The molecular formula is C15H21N3O2. The van der Waals surface area contributed by atoms with Crippen LogP contribution in [0.25, 0.3) is 10.9 Å². The minimum atomic E-state index is -0.752. The first-order chi connectivity index (χ1) is 9.29. The second-order valence-corrected chi connectivity index (χ2v) is 5.95. The molecule has 1 aromatic carbocycles. The van der Waals surface area contributed by atoms with E-state index >= 15 is 0 Å². The van der Waals surface area contributed by atoms with Crippen molar-refractivity contribution in [3.05, 3.63) is 30.5 Å². The largest absolute Gasteiger partial charge is 0.459 e. The average molecular weight is 275 g/mol. The number of hydrogen-bond donors (Lipinski definition) is 1. The lowest BCUT2D eigenvalue weighted by molar-refractivity contribution is -0.157. The van der Waals surface area contributed by atoms with Crippen molar-refractivity contribution in [2.75, 3.05) is 0 Å². The van der Waals surface area contributed by atoms with Gasteiger partial charge in [-0.15, -0.1) is 0 Å². The Morgan fingerprint density at radius 3 is 2.65 bits per heavy atom. The standard InChI is InChI=1S/C15H21N3O2/c1-10(13(16)14(19)20-15(2,3)4)18-12-8-6-5-7-11(12)9-17-18/h5-10,13H,16H2,1-4H3. The Kier molecular flexibility index (Phi) is 3.81. The third kappa shape index (κ3) is 2.99. The minimum absolute atomic E-state index is 0.273.